The first-order chi connectivity index (χ1) is 11.4. The third-order valence-electron chi connectivity index (χ3n) is 3.13. The van der Waals surface area contributed by atoms with Crippen LogP contribution in [0.2, 0.25) is 10.0 Å². The lowest BCUT2D eigenvalue weighted by Gasteiger charge is -2.04. The standard InChI is InChI=1S/C18H18Cl2N2OS/c1-12-5-13(2)7-15(6-12)10-24-11-18(23)22-21-9-14-3-4-16(19)17(20)8-14/h3-9H,10-11H2,1-2H3,(H,22,23)/b21-9-. The predicted molar refractivity (Wildman–Crippen MR) is 104 cm³/mol. The summed E-state index contributed by atoms with van der Waals surface area (Å²) >= 11 is 13.3. The SMILES string of the molecule is Cc1cc(C)cc(CSCC(=O)N/N=C\c2ccc(Cl)c(Cl)c2)c1. The first-order valence-corrected chi connectivity index (χ1v) is 9.27. The van der Waals surface area contributed by atoms with Crippen molar-refractivity contribution in [1.29, 1.82) is 0 Å². The van der Waals surface area contributed by atoms with Crippen molar-refractivity contribution in [2.75, 3.05) is 5.75 Å². The maximum absolute atomic E-state index is 11.8. The van der Waals surface area contributed by atoms with Crippen LogP contribution >= 0.6 is 35.0 Å². The molecule has 0 unspecified atom stereocenters. The van der Waals surface area contributed by atoms with Crippen molar-refractivity contribution in [3.8, 4) is 0 Å². The van der Waals surface area contributed by atoms with E-state index in [1.165, 1.54) is 22.9 Å². The summed E-state index contributed by atoms with van der Waals surface area (Å²) in [5.74, 6) is 1.01. The zero-order valence-electron chi connectivity index (χ0n) is 13.5. The van der Waals surface area contributed by atoms with Crippen LogP contribution in [0.5, 0.6) is 0 Å². The van der Waals surface area contributed by atoms with Crippen molar-refractivity contribution in [2.45, 2.75) is 19.6 Å². The summed E-state index contributed by atoms with van der Waals surface area (Å²) in [6.45, 7) is 4.15. The van der Waals surface area contributed by atoms with Gasteiger partial charge in [-0.1, -0.05) is 58.6 Å². The van der Waals surface area contributed by atoms with Gasteiger partial charge in [0.1, 0.15) is 0 Å². The summed E-state index contributed by atoms with van der Waals surface area (Å²) < 4.78 is 0. The summed E-state index contributed by atoms with van der Waals surface area (Å²) in [5.41, 5.74) is 6.98. The van der Waals surface area contributed by atoms with Crippen LogP contribution in [0.25, 0.3) is 0 Å². The van der Waals surface area contributed by atoms with Crippen LogP contribution in [0, 0.1) is 13.8 Å². The number of aryl methyl sites for hydroxylation is 2. The smallest absolute Gasteiger partial charge is 0.250 e. The summed E-state index contributed by atoms with van der Waals surface area (Å²) in [6.07, 6.45) is 1.54. The molecule has 0 atom stereocenters. The van der Waals surface area contributed by atoms with E-state index in [9.17, 15) is 4.79 Å². The molecule has 126 valence electrons. The Bertz CT molecular complexity index is 742. The first kappa shape index (κ1) is 18.8. The van der Waals surface area contributed by atoms with Gasteiger partial charge in [0.15, 0.2) is 0 Å². The summed E-state index contributed by atoms with van der Waals surface area (Å²) in [5, 5.41) is 4.87. The van der Waals surface area contributed by atoms with Crippen molar-refractivity contribution in [3.63, 3.8) is 0 Å². The lowest BCUT2D eigenvalue weighted by molar-refractivity contribution is -0.118. The zero-order chi connectivity index (χ0) is 17.5. The number of nitrogens with one attached hydrogen (secondary N) is 1. The number of thioether (sulfide) groups is 1. The molecular weight excluding hydrogens is 363 g/mol. The van der Waals surface area contributed by atoms with E-state index in [0.717, 1.165) is 11.3 Å². The summed E-state index contributed by atoms with van der Waals surface area (Å²) in [4.78, 5) is 11.8. The molecule has 1 N–H and O–H groups in total. The second-order valence-electron chi connectivity index (χ2n) is 5.46. The molecule has 0 aliphatic rings. The second kappa shape index (κ2) is 9.11. The molecule has 6 heteroatoms. The van der Waals surface area contributed by atoms with Crippen LogP contribution < -0.4 is 5.43 Å². The van der Waals surface area contributed by atoms with Gasteiger partial charge in [-0.2, -0.15) is 5.10 Å². The van der Waals surface area contributed by atoms with Gasteiger partial charge in [0.2, 0.25) is 5.91 Å². The van der Waals surface area contributed by atoms with Gasteiger partial charge < -0.3 is 0 Å². The number of rotatable bonds is 6. The van der Waals surface area contributed by atoms with Crippen molar-refractivity contribution in [1.82, 2.24) is 5.43 Å². The van der Waals surface area contributed by atoms with Gasteiger partial charge in [0.25, 0.3) is 0 Å². The normalized spacial score (nSPS) is 11.0. The van der Waals surface area contributed by atoms with E-state index in [1.807, 2.05) is 0 Å². The highest BCUT2D eigenvalue weighted by atomic mass is 35.5. The molecule has 2 rings (SSSR count). The average Bonchev–Trinajstić information content (AvgIpc) is 2.50. The number of amides is 1. The third-order valence-corrected chi connectivity index (χ3v) is 4.87. The second-order valence-corrected chi connectivity index (χ2v) is 7.26. The molecule has 0 fully saturated rings. The van der Waals surface area contributed by atoms with Crippen molar-refractivity contribution in [2.24, 2.45) is 5.10 Å². The van der Waals surface area contributed by atoms with E-state index in [4.69, 9.17) is 23.2 Å². The minimum Gasteiger partial charge on any atom is -0.272 e. The van der Waals surface area contributed by atoms with E-state index >= 15 is 0 Å². The molecule has 0 aliphatic carbocycles. The fourth-order valence-electron chi connectivity index (χ4n) is 2.22. The number of hydrazone groups is 1. The van der Waals surface area contributed by atoms with Gasteiger partial charge in [-0.3, -0.25) is 4.79 Å². The highest BCUT2D eigenvalue weighted by molar-refractivity contribution is 7.99. The first-order valence-electron chi connectivity index (χ1n) is 7.36. The molecule has 0 bridgehead atoms. The molecule has 1 amide bonds. The molecule has 3 nitrogen and oxygen atoms in total. The van der Waals surface area contributed by atoms with Crippen LogP contribution in [-0.4, -0.2) is 17.9 Å². The maximum Gasteiger partial charge on any atom is 0.250 e. The number of carbonyl (C=O) groups excluding carboxylic acids is 1. The minimum atomic E-state index is -0.138. The third kappa shape index (κ3) is 6.19. The number of hydrogen-bond acceptors (Lipinski definition) is 3. The lowest BCUT2D eigenvalue weighted by Crippen LogP contribution is -2.19. The van der Waals surface area contributed by atoms with Gasteiger partial charge >= 0.3 is 0 Å². The Kier molecular flexibility index (Phi) is 7.16. The number of carbonyl (C=O) groups is 1. The highest BCUT2D eigenvalue weighted by Crippen LogP contribution is 2.21. The number of nitrogens with zero attached hydrogens (tertiary/aromatic N) is 1. The van der Waals surface area contributed by atoms with Crippen molar-refractivity contribution in [3.05, 3.63) is 68.7 Å². The van der Waals surface area contributed by atoms with E-state index in [1.54, 1.807) is 30.0 Å². The Labute approximate surface area is 156 Å². The van der Waals surface area contributed by atoms with E-state index < -0.39 is 0 Å². The topological polar surface area (TPSA) is 41.5 Å². The van der Waals surface area contributed by atoms with Crippen LogP contribution in [-0.2, 0) is 10.5 Å². The van der Waals surface area contributed by atoms with Gasteiger partial charge in [-0.15, -0.1) is 11.8 Å². The van der Waals surface area contributed by atoms with Crippen LogP contribution in [0.15, 0.2) is 41.5 Å². The van der Waals surface area contributed by atoms with Crippen molar-refractivity contribution >= 4 is 47.1 Å². The fraction of sp³-hybridized carbons (Fsp3) is 0.222. The highest BCUT2D eigenvalue weighted by Gasteiger charge is 2.02. The molecule has 0 aliphatic heterocycles. The molecule has 2 aromatic rings. The molecular formula is C18H18Cl2N2OS. The Morgan fingerprint density at radius 1 is 1.12 bits per heavy atom. The molecule has 0 aromatic heterocycles. The monoisotopic (exact) mass is 380 g/mol. The van der Waals surface area contributed by atoms with Gasteiger partial charge in [0.05, 0.1) is 22.0 Å². The van der Waals surface area contributed by atoms with Crippen LogP contribution in [0.3, 0.4) is 0 Å². The fourth-order valence-corrected chi connectivity index (χ4v) is 3.28. The molecule has 0 radical (unpaired) electrons. The largest absolute Gasteiger partial charge is 0.272 e. The molecule has 2 aromatic carbocycles. The zero-order valence-corrected chi connectivity index (χ0v) is 15.8. The molecule has 0 heterocycles. The number of halogens is 2. The molecule has 0 saturated carbocycles. The molecule has 24 heavy (non-hydrogen) atoms. The van der Waals surface area contributed by atoms with Crippen LogP contribution in [0.4, 0.5) is 0 Å². The number of hydrogen-bond donors (Lipinski definition) is 1. The Balaban J connectivity index is 1.76. The van der Waals surface area contributed by atoms with E-state index in [0.29, 0.717) is 15.8 Å². The van der Waals surface area contributed by atoms with Crippen LogP contribution in [0.1, 0.15) is 22.3 Å². The molecule has 0 saturated heterocycles. The van der Waals surface area contributed by atoms with E-state index in [2.05, 4.69) is 42.6 Å². The Hall–Kier alpha value is -1.49. The van der Waals surface area contributed by atoms with Gasteiger partial charge in [-0.25, -0.2) is 5.43 Å². The molecule has 0 spiro atoms. The van der Waals surface area contributed by atoms with Gasteiger partial charge in [-0.05, 0) is 37.1 Å². The number of benzene rings is 2. The summed E-state index contributed by atoms with van der Waals surface area (Å²) in [6, 6.07) is 11.6. The minimum absolute atomic E-state index is 0.138. The average molecular weight is 381 g/mol. The Morgan fingerprint density at radius 3 is 2.50 bits per heavy atom. The predicted octanol–water partition coefficient (Wildman–Crippen LogP) is 4.99. The Morgan fingerprint density at radius 2 is 1.83 bits per heavy atom. The summed E-state index contributed by atoms with van der Waals surface area (Å²) in [7, 11) is 0. The quantitative estimate of drug-likeness (QED) is 0.566. The maximum atomic E-state index is 11.8. The van der Waals surface area contributed by atoms with Crippen molar-refractivity contribution < 1.29 is 4.79 Å². The van der Waals surface area contributed by atoms with Gasteiger partial charge in [0, 0.05) is 5.75 Å². The lowest BCUT2D eigenvalue weighted by atomic mass is 10.1. The van der Waals surface area contributed by atoms with E-state index in [-0.39, 0.29) is 5.91 Å².